The zero-order chi connectivity index (χ0) is 19.9. The Balaban J connectivity index is 1.54. The van der Waals surface area contributed by atoms with Gasteiger partial charge < -0.3 is 15.0 Å². The van der Waals surface area contributed by atoms with Gasteiger partial charge in [0.15, 0.2) is 5.82 Å². The van der Waals surface area contributed by atoms with Crippen LogP contribution in [0.25, 0.3) is 0 Å². The molecule has 0 spiro atoms. The number of alkyl halides is 3. The minimum absolute atomic E-state index is 0.00728. The Kier molecular flexibility index (Phi) is 4.60. The lowest BCUT2D eigenvalue weighted by molar-refractivity contribution is -0.156. The normalized spacial score (nSPS) is 20.6. The molecule has 4 heterocycles. The van der Waals surface area contributed by atoms with Gasteiger partial charge in [0.2, 0.25) is 17.7 Å². The molecule has 0 aliphatic carbocycles. The molecule has 0 radical (unpaired) electrons. The third kappa shape index (κ3) is 3.36. The average Bonchev–Trinajstić information content (AvgIpc) is 3.10. The van der Waals surface area contributed by atoms with Crippen LogP contribution in [0, 0.1) is 0 Å². The highest BCUT2D eigenvalue weighted by Crippen LogP contribution is 2.46. The Hall–Kier alpha value is -2.85. The van der Waals surface area contributed by atoms with Crippen LogP contribution in [0.3, 0.4) is 0 Å². The van der Waals surface area contributed by atoms with Gasteiger partial charge >= 0.3 is 6.18 Å². The van der Waals surface area contributed by atoms with E-state index in [1.54, 1.807) is 12.3 Å². The van der Waals surface area contributed by atoms with E-state index in [1.165, 1.54) is 7.11 Å². The molecule has 2 N–H and O–H groups in total. The van der Waals surface area contributed by atoms with Gasteiger partial charge in [-0.1, -0.05) is 0 Å². The number of methoxy groups -OCH3 is 1. The number of nitrogens with one attached hydrogen (secondary N) is 2. The Labute approximate surface area is 158 Å². The van der Waals surface area contributed by atoms with Crippen molar-refractivity contribution in [1.29, 1.82) is 0 Å². The Bertz CT molecular complexity index is 876. The largest absolute Gasteiger partial charge is 0.481 e. The Morgan fingerprint density at radius 3 is 2.71 bits per heavy atom. The summed E-state index contributed by atoms with van der Waals surface area (Å²) in [5.74, 6) is -1.63. The van der Waals surface area contributed by atoms with Crippen molar-refractivity contribution in [2.24, 2.45) is 0 Å². The molecule has 28 heavy (non-hydrogen) atoms. The minimum atomic E-state index is -4.50. The fourth-order valence-electron chi connectivity index (χ4n) is 3.84. The molecule has 2 aliphatic heterocycles. The molecule has 4 rings (SSSR count). The fourth-order valence-corrected chi connectivity index (χ4v) is 3.84. The molecule has 1 fully saturated rings. The summed E-state index contributed by atoms with van der Waals surface area (Å²) in [5.41, 5.74) is 0.534. The highest BCUT2D eigenvalue weighted by molar-refractivity contribution is 5.94. The number of aromatic nitrogens is 4. The van der Waals surface area contributed by atoms with Crippen molar-refractivity contribution < 1.29 is 22.7 Å². The second kappa shape index (κ2) is 6.95. The van der Waals surface area contributed by atoms with Gasteiger partial charge in [-0.05, 0) is 12.8 Å². The number of hydrogen-bond donors (Lipinski definition) is 2. The molecule has 2 aromatic heterocycles. The van der Waals surface area contributed by atoms with Crippen molar-refractivity contribution in [1.82, 2.24) is 20.2 Å². The van der Waals surface area contributed by atoms with Crippen LogP contribution in [0.2, 0.25) is 0 Å². The third-order valence-electron chi connectivity index (χ3n) is 5.24. The SMILES string of the molecule is COc1ccnc(N2CCC(c3[nH]nc4c3C(C(F)(F)F)CC(=O)N4)CC2)n1. The summed E-state index contributed by atoms with van der Waals surface area (Å²) in [4.78, 5) is 22.1. The van der Waals surface area contributed by atoms with Crippen LogP contribution in [-0.2, 0) is 4.79 Å². The van der Waals surface area contributed by atoms with E-state index in [0.29, 0.717) is 43.5 Å². The molecular weight excluding hydrogens is 377 g/mol. The summed E-state index contributed by atoms with van der Waals surface area (Å²) in [6.07, 6.45) is -2.27. The van der Waals surface area contributed by atoms with Crippen LogP contribution in [0.1, 0.15) is 42.4 Å². The molecule has 0 saturated carbocycles. The maximum Gasteiger partial charge on any atom is 0.396 e. The van der Waals surface area contributed by atoms with Crippen molar-refractivity contribution in [2.75, 3.05) is 30.4 Å². The third-order valence-corrected chi connectivity index (χ3v) is 5.24. The molecule has 0 aromatic carbocycles. The maximum atomic E-state index is 13.5. The molecule has 1 saturated heterocycles. The number of aromatic amines is 1. The lowest BCUT2D eigenvalue weighted by Gasteiger charge is -2.33. The van der Waals surface area contributed by atoms with E-state index < -0.39 is 24.4 Å². The highest BCUT2D eigenvalue weighted by atomic mass is 19.4. The molecule has 150 valence electrons. The number of rotatable bonds is 3. The molecule has 1 atom stereocenters. The van der Waals surface area contributed by atoms with Gasteiger partial charge in [0.25, 0.3) is 0 Å². The van der Waals surface area contributed by atoms with Crippen LogP contribution in [0.4, 0.5) is 24.9 Å². The number of carbonyl (C=O) groups excluding carboxylic acids is 1. The number of halogens is 3. The summed E-state index contributed by atoms with van der Waals surface area (Å²) >= 11 is 0. The number of piperidine rings is 1. The topological polar surface area (TPSA) is 96.0 Å². The molecule has 1 amide bonds. The van der Waals surface area contributed by atoms with E-state index in [9.17, 15) is 18.0 Å². The first-order chi connectivity index (χ1) is 13.4. The second-order valence-electron chi connectivity index (χ2n) is 6.91. The molecule has 11 heteroatoms. The van der Waals surface area contributed by atoms with Gasteiger partial charge in [-0.15, -0.1) is 0 Å². The van der Waals surface area contributed by atoms with E-state index in [2.05, 4.69) is 25.5 Å². The summed E-state index contributed by atoms with van der Waals surface area (Å²) in [6, 6.07) is 1.65. The number of carbonyl (C=O) groups is 1. The van der Waals surface area contributed by atoms with E-state index >= 15 is 0 Å². The average molecular weight is 396 g/mol. The van der Waals surface area contributed by atoms with Crippen LogP contribution in [0.5, 0.6) is 5.88 Å². The van der Waals surface area contributed by atoms with Gasteiger partial charge in [-0.3, -0.25) is 9.89 Å². The van der Waals surface area contributed by atoms with Gasteiger partial charge in [-0.2, -0.15) is 23.3 Å². The van der Waals surface area contributed by atoms with Crippen LogP contribution >= 0.6 is 0 Å². The summed E-state index contributed by atoms with van der Waals surface area (Å²) in [5, 5.41) is 9.12. The molecule has 2 aliphatic rings. The van der Waals surface area contributed by atoms with Crippen LogP contribution < -0.4 is 15.0 Å². The van der Waals surface area contributed by atoms with Crippen LogP contribution in [-0.4, -0.2) is 52.4 Å². The number of nitrogens with zero attached hydrogens (tertiary/aromatic N) is 4. The van der Waals surface area contributed by atoms with Crippen molar-refractivity contribution in [3.63, 3.8) is 0 Å². The minimum Gasteiger partial charge on any atom is -0.481 e. The van der Waals surface area contributed by atoms with Crippen molar-refractivity contribution in [3.05, 3.63) is 23.5 Å². The first-order valence-corrected chi connectivity index (χ1v) is 8.93. The summed E-state index contributed by atoms with van der Waals surface area (Å²) in [6.45, 7) is 1.18. The number of hydrogen-bond acceptors (Lipinski definition) is 6. The lowest BCUT2D eigenvalue weighted by atomic mass is 9.84. The van der Waals surface area contributed by atoms with E-state index in [-0.39, 0.29) is 17.3 Å². The zero-order valence-electron chi connectivity index (χ0n) is 15.1. The van der Waals surface area contributed by atoms with Gasteiger partial charge in [0.05, 0.1) is 13.0 Å². The van der Waals surface area contributed by atoms with Crippen LogP contribution in [0.15, 0.2) is 12.3 Å². The van der Waals surface area contributed by atoms with Crippen molar-refractivity contribution >= 4 is 17.7 Å². The van der Waals surface area contributed by atoms with E-state index in [1.807, 2.05) is 4.90 Å². The van der Waals surface area contributed by atoms with Gasteiger partial charge in [0.1, 0.15) is 0 Å². The highest BCUT2D eigenvalue weighted by Gasteiger charge is 2.48. The van der Waals surface area contributed by atoms with Crippen molar-refractivity contribution in [2.45, 2.75) is 37.3 Å². The van der Waals surface area contributed by atoms with E-state index in [0.717, 1.165) is 0 Å². The molecule has 2 aromatic rings. The molecule has 8 nitrogen and oxygen atoms in total. The van der Waals surface area contributed by atoms with Crippen molar-refractivity contribution in [3.8, 4) is 5.88 Å². The Morgan fingerprint density at radius 2 is 2.04 bits per heavy atom. The quantitative estimate of drug-likeness (QED) is 0.828. The fraction of sp³-hybridized carbons (Fsp3) is 0.529. The number of anilines is 2. The first-order valence-electron chi connectivity index (χ1n) is 8.93. The predicted molar refractivity (Wildman–Crippen MR) is 93.4 cm³/mol. The predicted octanol–water partition coefficient (Wildman–Crippen LogP) is 2.58. The number of ether oxygens (including phenoxy) is 1. The molecular formula is C17H19F3N6O2. The number of amides is 1. The molecule has 0 bridgehead atoms. The molecule has 1 unspecified atom stereocenters. The smallest absolute Gasteiger partial charge is 0.396 e. The maximum absolute atomic E-state index is 13.5. The van der Waals surface area contributed by atoms with Gasteiger partial charge in [0, 0.05) is 48.9 Å². The first kappa shape index (κ1) is 18.5. The van der Waals surface area contributed by atoms with Gasteiger partial charge in [-0.25, -0.2) is 4.98 Å². The monoisotopic (exact) mass is 396 g/mol. The summed E-state index contributed by atoms with van der Waals surface area (Å²) in [7, 11) is 1.52. The standard InChI is InChI=1S/C17H19F3N6O2/c1-28-12-2-5-21-16(23-12)26-6-3-9(4-7-26)14-13-10(17(18,19)20)8-11(27)22-15(13)25-24-14/h2,5,9-10H,3-4,6-8H2,1H3,(H2,22,24,25,27). The second-order valence-corrected chi connectivity index (χ2v) is 6.91. The number of fused-ring (bicyclic) bond motifs is 1. The summed E-state index contributed by atoms with van der Waals surface area (Å²) < 4.78 is 45.7. The number of H-pyrrole nitrogens is 1. The van der Waals surface area contributed by atoms with E-state index in [4.69, 9.17) is 4.74 Å². The zero-order valence-corrected chi connectivity index (χ0v) is 15.1. The Morgan fingerprint density at radius 1 is 1.29 bits per heavy atom. The lowest BCUT2D eigenvalue weighted by Crippen LogP contribution is -2.35.